The number of piperazine rings is 3. The Morgan fingerprint density at radius 1 is 0.558 bits per heavy atom. The maximum Gasteiger partial charge on any atom is 0.403 e. The van der Waals surface area contributed by atoms with Crippen LogP contribution < -0.4 is 0 Å². The van der Waals surface area contributed by atoms with Gasteiger partial charge >= 0.3 is 6.18 Å². The Balaban J connectivity index is 1.52. The first kappa shape index (κ1) is 35.4. The molecule has 0 aromatic heterocycles. The molecule has 4 heterocycles. The predicted molar refractivity (Wildman–Crippen MR) is 172 cm³/mol. The zero-order valence-electron chi connectivity index (χ0n) is 28.5. The molecule has 0 bridgehead atoms. The predicted octanol–water partition coefficient (Wildman–Crippen LogP) is 3.71. The number of rotatable bonds is 11. The van der Waals surface area contributed by atoms with Gasteiger partial charge < -0.3 is 9.80 Å². The summed E-state index contributed by atoms with van der Waals surface area (Å²) < 4.78 is 40.5. The molecule has 5 unspecified atom stereocenters. The van der Waals surface area contributed by atoms with Crippen molar-refractivity contribution < 1.29 is 13.2 Å². The average Bonchev–Trinajstić information content (AvgIpc) is 2.99. The molecule has 43 heavy (non-hydrogen) atoms. The molecule has 0 N–H and O–H groups in total. The van der Waals surface area contributed by atoms with Gasteiger partial charge in [-0.1, -0.05) is 0 Å². The van der Waals surface area contributed by atoms with E-state index in [2.05, 4.69) is 71.2 Å². The Morgan fingerprint density at radius 3 is 1.56 bits per heavy atom. The molecule has 0 saturated carbocycles. The van der Waals surface area contributed by atoms with Gasteiger partial charge in [0.25, 0.3) is 0 Å². The van der Waals surface area contributed by atoms with Crippen LogP contribution in [0.15, 0.2) is 0 Å². The van der Waals surface area contributed by atoms with E-state index in [9.17, 15) is 13.2 Å². The van der Waals surface area contributed by atoms with Gasteiger partial charge in [0.15, 0.2) is 0 Å². The standard InChI is InChI=1S/C33H64F3N7/c1-26(2)39-18-24-43(25-19-39)31(9-8-27(3)40-16-14-38(7)15-17-40)32(30-10-12-37(6)13-11-30)28(4)41-20-22-42(23-21-41)29(5)33(34,35)36/h26-32H,8-25H2,1-7H3. The molecule has 10 heteroatoms. The van der Waals surface area contributed by atoms with Gasteiger partial charge in [0, 0.05) is 103 Å². The molecule has 0 radical (unpaired) electrons. The van der Waals surface area contributed by atoms with E-state index < -0.39 is 12.2 Å². The van der Waals surface area contributed by atoms with Crippen molar-refractivity contribution in [3.8, 4) is 0 Å². The fourth-order valence-corrected chi connectivity index (χ4v) is 8.49. The van der Waals surface area contributed by atoms with Gasteiger partial charge in [0.05, 0.1) is 0 Å². The summed E-state index contributed by atoms with van der Waals surface area (Å²) in [7, 11) is 4.47. The minimum absolute atomic E-state index is 0.365. The lowest BCUT2D eigenvalue weighted by Crippen LogP contribution is -2.61. The van der Waals surface area contributed by atoms with Crippen molar-refractivity contribution in [2.24, 2.45) is 11.8 Å². The molecule has 4 saturated heterocycles. The number of alkyl halides is 3. The maximum absolute atomic E-state index is 13.5. The second-order valence-electron chi connectivity index (χ2n) is 14.7. The van der Waals surface area contributed by atoms with Crippen molar-refractivity contribution in [2.45, 2.75) is 96.7 Å². The Bertz CT molecular complexity index is 797. The van der Waals surface area contributed by atoms with Crippen LogP contribution in [0.1, 0.15) is 60.3 Å². The molecule has 4 rings (SSSR count). The van der Waals surface area contributed by atoms with Crippen molar-refractivity contribution in [1.82, 2.24) is 34.3 Å². The van der Waals surface area contributed by atoms with Crippen LogP contribution in [-0.4, -0.2) is 176 Å². The first-order chi connectivity index (χ1) is 20.3. The summed E-state index contributed by atoms with van der Waals surface area (Å²) in [5.74, 6) is 1.19. The quantitative estimate of drug-likeness (QED) is 0.349. The third kappa shape index (κ3) is 9.52. The SMILES string of the molecule is CC(C)N1CCN(C(CCC(C)N2CCN(C)CC2)C(C2CCN(C)CC2)C(C)N2CCN(C(C)C(F)(F)F)CC2)CC1. The molecule has 5 atom stereocenters. The van der Waals surface area contributed by atoms with E-state index in [0.717, 1.165) is 78.5 Å². The Labute approximate surface area is 261 Å². The lowest BCUT2D eigenvalue weighted by atomic mass is 9.73. The first-order valence-electron chi connectivity index (χ1n) is 17.5. The monoisotopic (exact) mass is 616 g/mol. The number of nitrogens with zero attached hydrogens (tertiary/aromatic N) is 7. The van der Waals surface area contributed by atoms with Crippen molar-refractivity contribution >= 4 is 0 Å². The van der Waals surface area contributed by atoms with Crippen LogP contribution in [0.25, 0.3) is 0 Å². The van der Waals surface area contributed by atoms with Crippen molar-refractivity contribution in [3.05, 3.63) is 0 Å². The second-order valence-corrected chi connectivity index (χ2v) is 14.7. The highest BCUT2D eigenvalue weighted by atomic mass is 19.4. The fourth-order valence-electron chi connectivity index (χ4n) is 8.49. The molecule has 0 aromatic carbocycles. The lowest BCUT2D eigenvalue weighted by molar-refractivity contribution is -0.183. The summed E-state index contributed by atoms with van der Waals surface area (Å²) in [5, 5.41) is 0. The van der Waals surface area contributed by atoms with Crippen LogP contribution in [0.2, 0.25) is 0 Å². The molecule has 0 amide bonds. The van der Waals surface area contributed by atoms with Crippen LogP contribution in [0.4, 0.5) is 13.2 Å². The summed E-state index contributed by atoms with van der Waals surface area (Å²) in [4.78, 5) is 17.3. The van der Waals surface area contributed by atoms with Gasteiger partial charge in [-0.3, -0.25) is 24.5 Å². The average molecular weight is 616 g/mol. The van der Waals surface area contributed by atoms with E-state index >= 15 is 0 Å². The summed E-state index contributed by atoms with van der Waals surface area (Å²) >= 11 is 0. The van der Waals surface area contributed by atoms with E-state index in [0.29, 0.717) is 49.1 Å². The van der Waals surface area contributed by atoms with Crippen molar-refractivity contribution in [3.63, 3.8) is 0 Å². The molecular formula is C33H64F3N7. The Kier molecular flexibility index (Phi) is 13.1. The third-order valence-electron chi connectivity index (χ3n) is 11.8. The fraction of sp³-hybridized carbons (Fsp3) is 1.00. The smallest absolute Gasteiger partial charge is 0.306 e. The van der Waals surface area contributed by atoms with E-state index in [1.807, 2.05) is 0 Å². The molecule has 0 aromatic rings. The number of likely N-dealkylation sites (tertiary alicyclic amines) is 1. The van der Waals surface area contributed by atoms with Crippen LogP contribution in [0.5, 0.6) is 0 Å². The number of hydrogen-bond acceptors (Lipinski definition) is 7. The van der Waals surface area contributed by atoms with Gasteiger partial charge in [-0.15, -0.1) is 0 Å². The second kappa shape index (κ2) is 15.9. The minimum Gasteiger partial charge on any atom is -0.306 e. The largest absolute Gasteiger partial charge is 0.403 e. The van der Waals surface area contributed by atoms with Crippen LogP contribution in [-0.2, 0) is 0 Å². The zero-order chi connectivity index (χ0) is 31.3. The van der Waals surface area contributed by atoms with Gasteiger partial charge in [-0.05, 0) is 99.3 Å². The number of piperidine rings is 1. The van der Waals surface area contributed by atoms with Crippen LogP contribution in [0, 0.1) is 11.8 Å². The highest BCUT2D eigenvalue weighted by Gasteiger charge is 2.44. The first-order valence-corrected chi connectivity index (χ1v) is 17.5. The minimum atomic E-state index is -4.16. The molecular weight excluding hydrogens is 551 g/mol. The molecule has 252 valence electrons. The van der Waals surface area contributed by atoms with Crippen molar-refractivity contribution in [2.75, 3.05) is 106 Å². The highest BCUT2D eigenvalue weighted by molar-refractivity contribution is 4.96. The van der Waals surface area contributed by atoms with E-state index in [1.165, 1.54) is 32.6 Å². The Hall–Kier alpha value is -0.490. The normalized spacial score (nSPS) is 28.3. The van der Waals surface area contributed by atoms with E-state index in [-0.39, 0.29) is 0 Å². The molecule has 4 aliphatic rings. The van der Waals surface area contributed by atoms with Crippen LogP contribution in [0.3, 0.4) is 0 Å². The lowest BCUT2D eigenvalue weighted by Gasteiger charge is -2.51. The summed E-state index contributed by atoms with van der Waals surface area (Å²) in [5.41, 5.74) is 0. The molecule has 4 fully saturated rings. The number of likely N-dealkylation sites (N-methyl/N-ethyl adjacent to an activating group) is 1. The molecule has 7 nitrogen and oxygen atoms in total. The van der Waals surface area contributed by atoms with E-state index in [1.54, 1.807) is 4.90 Å². The summed E-state index contributed by atoms with van der Waals surface area (Å²) in [6.45, 7) is 24.7. The molecule has 0 aliphatic carbocycles. The van der Waals surface area contributed by atoms with Gasteiger partial charge in [-0.2, -0.15) is 13.2 Å². The molecule has 0 spiro atoms. The van der Waals surface area contributed by atoms with Gasteiger partial charge in [0.1, 0.15) is 6.04 Å². The third-order valence-corrected chi connectivity index (χ3v) is 11.8. The highest BCUT2D eigenvalue weighted by Crippen LogP contribution is 2.37. The van der Waals surface area contributed by atoms with Crippen LogP contribution >= 0.6 is 0 Å². The maximum atomic E-state index is 13.5. The number of halogens is 3. The molecule has 4 aliphatic heterocycles. The van der Waals surface area contributed by atoms with Gasteiger partial charge in [-0.25, -0.2) is 0 Å². The zero-order valence-corrected chi connectivity index (χ0v) is 28.5. The van der Waals surface area contributed by atoms with E-state index in [4.69, 9.17) is 0 Å². The van der Waals surface area contributed by atoms with Gasteiger partial charge in [0.2, 0.25) is 0 Å². The van der Waals surface area contributed by atoms with Crippen molar-refractivity contribution in [1.29, 1.82) is 0 Å². The number of hydrogen-bond donors (Lipinski definition) is 0. The Morgan fingerprint density at radius 2 is 1.02 bits per heavy atom. The summed E-state index contributed by atoms with van der Waals surface area (Å²) in [6.07, 6.45) is 0.724. The topological polar surface area (TPSA) is 22.7 Å². The summed E-state index contributed by atoms with van der Waals surface area (Å²) in [6, 6.07) is 0.671.